The highest BCUT2D eigenvalue weighted by Gasteiger charge is 2.39. The first kappa shape index (κ1) is 19.6. The highest BCUT2D eigenvalue weighted by atomic mass is 16.5. The lowest BCUT2D eigenvalue weighted by Crippen LogP contribution is -2.40. The number of ether oxygens (including phenoxy) is 2. The average molecular weight is 316 g/mol. The van der Waals surface area contributed by atoms with Gasteiger partial charge in [-0.3, -0.25) is 0 Å². The molecule has 130 valence electrons. The molecule has 0 unspecified atom stereocenters. The Labute approximate surface area is 133 Å². The van der Waals surface area contributed by atoms with Gasteiger partial charge in [0.2, 0.25) is 0 Å². The van der Waals surface area contributed by atoms with Gasteiger partial charge in [0.1, 0.15) is 24.4 Å². The third-order valence-corrected chi connectivity index (χ3v) is 3.92. The minimum atomic E-state index is -1.03. The van der Waals surface area contributed by atoms with Crippen molar-refractivity contribution in [3.05, 3.63) is 12.2 Å². The first-order valence-electron chi connectivity index (χ1n) is 8.55. The molecule has 0 radical (unpaired) electrons. The van der Waals surface area contributed by atoms with Crippen molar-refractivity contribution >= 4 is 0 Å². The van der Waals surface area contributed by atoms with Crippen molar-refractivity contribution in [2.75, 3.05) is 19.8 Å². The predicted molar refractivity (Wildman–Crippen MR) is 85.7 cm³/mol. The normalized spacial score (nSPS) is 26.8. The molecule has 1 saturated heterocycles. The van der Waals surface area contributed by atoms with Crippen LogP contribution in [0.1, 0.15) is 51.9 Å². The SMILES string of the molecule is CC/C=C/CCCCCCCOC[C@@H](O)[C@H]1OC[C@H](O)[C@H]1O. The van der Waals surface area contributed by atoms with Crippen LogP contribution in [0.3, 0.4) is 0 Å². The largest absolute Gasteiger partial charge is 0.388 e. The molecular formula is C17H32O5. The van der Waals surface area contributed by atoms with E-state index in [1.54, 1.807) is 0 Å². The summed E-state index contributed by atoms with van der Waals surface area (Å²) in [6.07, 6.45) is 9.00. The van der Waals surface area contributed by atoms with Crippen LogP contribution in [0.5, 0.6) is 0 Å². The first-order chi connectivity index (χ1) is 10.7. The van der Waals surface area contributed by atoms with E-state index in [9.17, 15) is 15.3 Å². The number of hydrogen-bond acceptors (Lipinski definition) is 5. The van der Waals surface area contributed by atoms with E-state index in [1.807, 2.05) is 0 Å². The minimum Gasteiger partial charge on any atom is -0.388 e. The Kier molecular flexibility index (Phi) is 10.7. The molecule has 5 heteroatoms. The van der Waals surface area contributed by atoms with Crippen molar-refractivity contribution in [3.8, 4) is 0 Å². The van der Waals surface area contributed by atoms with Gasteiger partial charge in [0.15, 0.2) is 0 Å². The van der Waals surface area contributed by atoms with Crippen LogP contribution in [0.4, 0.5) is 0 Å². The zero-order valence-electron chi connectivity index (χ0n) is 13.7. The van der Waals surface area contributed by atoms with Crippen LogP contribution in [0, 0.1) is 0 Å². The monoisotopic (exact) mass is 316 g/mol. The Hall–Kier alpha value is -0.460. The second-order valence-electron chi connectivity index (χ2n) is 5.93. The van der Waals surface area contributed by atoms with E-state index in [1.165, 1.54) is 25.7 Å². The number of hydrogen-bond donors (Lipinski definition) is 3. The molecule has 4 atom stereocenters. The van der Waals surface area contributed by atoms with Gasteiger partial charge in [-0.05, 0) is 25.7 Å². The van der Waals surface area contributed by atoms with Crippen molar-refractivity contribution in [2.45, 2.75) is 76.3 Å². The van der Waals surface area contributed by atoms with E-state index >= 15 is 0 Å². The number of rotatable bonds is 12. The van der Waals surface area contributed by atoms with E-state index in [4.69, 9.17) is 9.47 Å². The summed E-state index contributed by atoms with van der Waals surface area (Å²) in [6.45, 7) is 2.96. The zero-order chi connectivity index (χ0) is 16.2. The molecule has 1 aliphatic rings. The molecule has 0 aromatic rings. The van der Waals surface area contributed by atoms with Crippen LogP contribution in [0.2, 0.25) is 0 Å². The molecule has 0 aromatic carbocycles. The van der Waals surface area contributed by atoms with Gasteiger partial charge in [-0.1, -0.05) is 38.3 Å². The summed E-state index contributed by atoms with van der Waals surface area (Å²) in [6, 6.07) is 0. The summed E-state index contributed by atoms with van der Waals surface area (Å²) in [5.74, 6) is 0. The lowest BCUT2D eigenvalue weighted by Gasteiger charge is -2.20. The van der Waals surface area contributed by atoms with Gasteiger partial charge in [-0.2, -0.15) is 0 Å². The molecule has 0 aliphatic carbocycles. The summed E-state index contributed by atoms with van der Waals surface area (Å²) in [5, 5.41) is 28.8. The Morgan fingerprint density at radius 2 is 1.86 bits per heavy atom. The van der Waals surface area contributed by atoms with Gasteiger partial charge in [-0.25, -0.2) is 0 Å². The summed E-state index contributed by atoms with van der Waals surface area (Å²) in [4.78, 5) is 0. The summed E-state index contributed by atoms with van der Waals surface area (Å²) < 4.78 is 10.6. The lowest BCUT2D eigenvalue weighted by atomic mass is 10.1. The van der Waals surface area contributed by atoms with E-state index < -0.39 is 24.4 Å². The van der Waals surface area contributed by atoms with E-state index in [0.29, 0.717) is 6.61 Å². The number of aliphatic hydroxyl groups excluding tert-OH is 3. The first-order valence-corrected chi connectivity index (χ1v) is 8.55. The third-order valence-electron chi connectivity index (χ3n) is 3.92. The molecule has 0 saturated carbocycles. The quantitative estimate of drug-likeness (QED) is 0.378. The molecule has 5 nitrogen and oxygen atoms in total. The summed E-state index contributed by atoms with van der Waals surface area (Å²) >= 11 is 0. The molecule has 1 heterocycles. The molecular weight excluding hydrogens is 284 g/mol. The minimum absolute atomic E-state index is 0.0658. The van der Waals surface area contributed by atoms with Crippen LogP contribution in [0.25, 0.3) is 0 Å². The van der Waals surface area contributed by atoms with Crippen molar-refractivity contribution in [1.29, 1.82) is 0 Å². The van der Waals surface area contributed by atoms with Crippen LogP contribution >= 0.6 is 0 Å². The predicted octanol–water partition coefficient (Wildman–Crippen LogP) is 1.79. The summed E-state index contributed by atoms with van der Waals surface area (Å²) in [5.41, 5.74) is 0. The van der Waals surface area contributed by atoms with Gasteiger partial charge in [0, 0.05) is 6.61 Å². The molecule has 22 heavy (non-hydrogen) atoms. The van der Waals surface area contributed by atoms with Gasteiger partial charge in [0.05, 0.1) is 13.2 Å². The average Bonchev–Trinajstić information content (AvgIpc) is 2.84. The second-order valence-corrected chi connectivity index (χ2v) is 5.93. The Bertz CT molecular complexity index is 295. The molecule has 1 fully saturated rings. The third kappa shape index (κ3) is 7.70. The van der Waals surface area contributed by atoms with Crippen LogP contribution in [0.15, 0.2) is 12.2 Å². The van der Waals surface area contributed by atoms with Gasteiger partial charge >= 0.3 is 0 Å². The fraction of sp³-hybridized carbons (Fsp3) is 0.882. The maximum Gasteiger partial charge on any atom is 0.114 e. The second kappa shape index (κ2) is 12.0. The fourth-order valence-electron chi connectivity index (χ4n) is 2.54. The van der Waals surface area contributed by atoms with Crippen LogP contribution < -0.4 is 0 Å². The fourth-order valence-corrected chi connectivity index (χ4v) is 2.54. The Morgan fingerprint density at radius 3 is 2.55 bits per heavy atom. The Balaban J connectivity index is 1.90. The molecule has 0 bridgehead atoms. The molecule has 0 aromatic heterocycles. The number of allylic oxidation sites excluding steroid dienone is 2. The number of aliphatic hydroxyl groups is 3. The maximum atomic E-state index is 9.85. The topological polar surface area (TPSA) is 79.2 Å². The van der Waals surface area contributed by atoms with E-state index in [-0.39, 0.29) is 13.2 Å². The molecule has 3 N–H and O–H groups in total. The molecule has 1 aliphatic heterocycles. The Morgan fingerprint density at radius 1 is 1.14 bits per heavy atom. The zero-order valence-corrected chi connectivity index (χ0v) is 13.7. The smallest absolute Gasteiger partial charge is 0.114 e. The number of unbranched alkanes of at least 4 members (excludes halogenated alkanes) is 5. The van der Waals surface area contributed by atoms with Crippen molar-refractivity contribution in [3.63, 3.8) is 0 Å². The summed E-state index contributed by atoms with van der Waals surface area (Å²) in [7, 11) is 0. The highest BCUT2D eigenvalue weighted by Crippen LogP contribution is 2.17. The maximum absolute atomic E-state index is 9.85. The van der Waals surface area contributed by atoms with Crippen LogP contribution in [-0.4, -0.2) is 59.6 Å². The van der Waals surface area contributed by atoms with Crippen molar-refractivity contribution < 1.29 is 24.8 Å². The van der Waals surface area contributed by atoms with Crippen LogP contribution in [-0.2, 0) is 9.47 Å². The van der Waals surface area contributed by atoms with E-state index in [0.717, 1.165) is 19.3 Å². The van der Waals surface area contributed by atoms with Gasteiger partial charge < -0.3 is 24.8 Å². The van der Waals surface area contributed by atoms with Crippen molar-refractivity contribution in [2.24, 2.45) is 0 Å². The molecule has 1 rings (SSSR count). The standard InChI is InChI=1S/C17H32O5/c1-2-3-4-5-6-7-8-9-10-11-21-12-15(19)17-16(20)14(18)13-22-17/h3-4,14-20H,2,5-13H2,1H3/b4-3+/t14-,15+,16+,17+/m0/s1. The lowest BCUT2D eigenvalue weighted by molar-refractivity contribution is -0.0813. The molecule has 0 amide bonds. The van der Waals surface area contributed by atoms with Gasteiger partial charge in [0.25, 0.3) is 0 Å². The van der Waals surface area contributed by atoms with Crippen molar-refractivity contribution in [1.82, 2.24) is 0 Å². The van der Waals surface area contributed by atoms with E-state index in [2.05, 4.69) is 19.1 Å². The highest BCUT2D eigenvalue weighted by molar-refractivity contribution is 4.87. The van der Waals surface area contributed by atoms with Gasteiger partial charge in [-0.15, -0.1) is 0 Å². The molecule has 0 spiro atoms.